The maximum absolute atomic E-state index is 11.8. The third-order valence-corrected chi connectivity index (χ3v) is 5.05. The second-order valence-electron chi connectivity index (χ2n) is 6.29. The van der Waals surface area contributed by atoms with Gasteiger partial charge < -0.3 is 10.3 Å². The minimum atomic E-state index is -0.119. The van der Waals surface area contributed by atoms with E-state index in [1.54, 1.807) is 12.3 Å². The Bertz CT molecular complexity index is 722. The molecule has 0 radical (unpaired) electrons. The summed E-state index contributed by atoms with van der Waals surface area (Å²) in [5.41, 5.74) is 0.532. The molecule has 1 saturated carbocycles. The Morgan fingerprint density at radius 2 is 2.14 bits per heavy atom. The van der Waals surface area contributed by atoms with Crippen molar-refractivity contribution in [3.8, 4) is 0 Å². The predicted molar refractivity (Wildman–Crippen MR) is 86.0 cm³/mol. The summed E-state index contributed by atoms with van der Waals surface area (Å²) in [4.78, 5) is 25.7. The van der Waals surface area contributed by atoms with Crippen LogP contribution in [-0.2, 0) is 0 Å². The fraction of sp³-hybridized carbons (Fsp3) is 0.562. The van der Waals surface area contributed by atoms with Crippen LogP contribution in [0, 0.1) is 0 Å². The summed E-state index contributed by atoms with van der Waals surface area (Å²) in [6.45, 7) is 2.09. The Labute approximate surface area is 129 Å². The average molecular weight is 299 g/mol. The number of nitrogens with one attached hydrogen (secondary N) is 2. The lowest BCUT2D eigenvalue weighted by Crippen LogP contribution is -2.55. The van der Waals surface area contributed by atoms with Crippen LogP contribution in [0.4, 0.5) is 5.82 Å². The van der Waals surface area contributed by atoms with Crippen molar-refractivity contribution in [2.75, 3.05) is 18.4 Å². The molecule has 22 heavy (non-hydrogen) atoms. The molecule has 2 aliphatic rings. The normalized spacial score (nSPS) is 22.8. The van der Waals surface area contributed by atoms with Gasteiger partial charge in [-0.15, -0.1) is 0 Å². The molecule has 4 rings (SSSR count). The summed E-state index contributed by atoms with van der Waals surface area (Å²) in [6.07, 6.45) is 9.78. The standard InChI is InChI=1S/C16H21N5O/c22-16-13-5-7-17-15(14(13)19-10-20-16)18-9-12-6-8-21(12)11-3-1-2-4-11/h5,7,10-12H,1-4,6,8-9H2,(H,17,18)(H,19,20,22). The molecule has 1 unspecified atom stereocenters. The maximum atomic E-state index is 11.8. The van der Waals surface area contributed by atoms with Crippen LogP contribution in [0.15, 0.2) is 23.4 Å². The van der Waals surface area contributed by atoms with Crippen LogP contribution in [0.3, 0.4) is 0 Å². The predicted octanol–water partition coefficient (Wildman–Crippen LogP) is 1.75. The van der Waals surface area contributed by atoms with Crippen molar-refractivity contribution in [3.63, 3.8) is 0 Å². The van der Waals surface area contributed by atoms with Crippen LogP contribution in [-0.4, -0.2) is 45.0 Å². The third kappa shape index (κ3) is 2.37. The van der Waals surface area contributed by atoms with Gasteiger partial charge in [-0.1, -0.05) is 12.8 Å². The number of pyridine rings is 1. The molecule has 0 spiro atoms. The fourth-order valence-corrected chi connectivity index (χ4v) is 3.74. The summed E-state index contributed by atoms with van der Waals surface area (Å²) in [5, 5.41) is 3.99. The molecule has 6 heteroatoms. The molecule has 116 valence electrons. The highest BCUT2D eigenvalue weighted by Crippen LogP contribution is 2.31. The van der Waals surface area contributed by atoms with Crippen molar-refractivity contribution in [3.05, 3.63) is 28.9 Å². The topological polar surface area (TPSA) is 73.9 Å². The second kappa shape index (κ2) is 5.68. The van der Waals surface area contributed by atoms with E-state index in [4.69, 9.17) is 0 Å². The SMILES string of the molecule is O=c1[nH]cnc2c(NCC3CCN3C3CCCC3)nccc12. The van der Waals surface area contributed by atoms with E-state index in [2.05, 4.69) is 25.2 Å². The molecule has 3 heterocycles. The number of anilines is 1. The summed E-state index contributed by atoms with van der Waals surface area (Å²) >= 11 is 0. The highest BCUT2D eigenvalue weighted by atomic mass is 16.1. The number of rotatable bonds is 4. The molecule has 1 aliphatic carbocycles. The third-order valence-electron chi connectivity index (χ3n) is 5.05. The molecular formula is C16H21N5O. The molecule has 0 bridgehead atoms. The first-order valence-electron chi connectivity index (χ1n) is 8.15. The fourth-order valence-electron chi connectivity index (χ4n) is 3.74. The van der Waals surface area contributed by atoms with Crippen molar-refractivity contribution >= 4 is 16.7 Å². The number of fused-ring (bicyclic) bond motifs is 1. The van der Waals surface area contributed by atoms with E-state index in [-0.39, 0.29) is 5.56 Å². The summed E-state index contributed by atoms with van der Waals surface area (Å²) < 4.78 is 0. The monoisotopic (exact) mass is 299 g/mol. The van der Waals surface area contributed by atoms with Crippen LogP contribution >= 0.6 is 0 Å². The van der Waals surface area contributed by atoms with Gasteiger partial charge in [0.05, 0.1) is 11.7 Å². The van der Waals surface area contributed by atoms with Crippen LogP contribution in [0.2, 0.25) is 0 Å². The molecular weight excluding hydrogens is 278 g/mol. The maximum Gasteiger partial charge on any atom is 0.258 e. The van der Waals surface area contributed by atoms with Crippen LogP contribution in [0.5, 0.6) is 0 Å². The largest absolute Gasteiger partial charge is 0.367 e. The van der Waals surface area contributed by atoms with Gasteiger partial charge in [-0.3, -0.25) is 9.69 Å². The number of hydrogen-bond donors (Lipinski definition) is 2. The number of H-pyrrole nitrogens is 1. The molecule has 0 amide bonds. The molecule has 1 saturated heterocycles. The van der Waals surface area contributed by atoms with Crippen molar-refractivity contribution < 1.29 is 0 Å². The minimum Gasteiger partial charge on any atom is -0.367 e. The van der Waals surface area contributed by atoms with Crippen molar-refractivity contribution in [2.45, 2.75) is 44.2 Å². The zero-order valence-corrected chi connectivity index (χ0v) is 12.6. The highest BCUT2D eigenvalue weighted by Gasteiger charge is 2.34. The van der Waals surface area contributed by atoms with E-state index < -0.39 is 0 Å². The molecule has 2 aromatic rings. The quantitative estimate of drug-likeness (QED) is 0.899. The molecule has 0 aromatic carbocycles. The molecule has 1 aliphatic heterocycles. The van der Waals surface area contributed by atoms with Gasteiger partial charge in [-0.05, 0) is 25.3 Å². The first-order valence-corrected chi connectivity index (χ1v) is 8.15. The summed E-state index contributed by atoms with van der Waals surface area (Å²) in [7, 11) is 0. The Kier molecular flexibility index (Phi) is 3.54. The van der Waals surface area contributed by atoms with Crippen LogP contribution in [0.1, 0.15) is 32.1 Å². The zero-order valence-electron chi connectivity index (χ0n) is 12.6. The van der Waals surface area contributed by atoms with Gasteiger partial charge in [0.1, 0.15) is 5.52 Å². The average Bonchev–Trinajstić information content (AvgIpc) is 3.01. The van der Waals surface area contributed by atoms with E-state index >= 15 is 0 Å². The van der Waals surface area contributed by atoms with Crippen LogP contribution < -0.4 is 10.9 Å². The van der Waals surface area contributed by atoms with Crippen molar-refractivity contribution in [1.29, 1.82) is 0 Å². The second-order valence-corrected chi connectivity index (χ2v) is 6.29. The van der Waals surface area contributed by atoms with Gasteiger partial charge in [0.2, 0.25) is 0 Å². The summed E-state index contributed by atoms with van der Waals surface area (Å²) in [5.74, 6) is 0.710. The molecule has 2 aromatic heterocycles. The number of aromatic amines is 1. The van der Waals surface area contributed by atoms with Gasteiger partial charge in [-0.2, -0.15) is 0 Å². The van der Waals surface area contributed by atoms with E-state index in [1.165, 1.54) is 45.0 Å². The van der Waals surface area contributed by atoms with E-state index in [9.17, 15) is 4.79 Å². The first-order chi connectivity index (χ1) is 10.8. The number of aromatic nitrogens is 3. The lowest BCUT2D eigenvalue weighted by molar-refractivity contribution is 0.0518. The number of nitrogens with zero attached hydrogens (tertiary/aromatic N) is 3. The van der Waals surface area contributed by atoms with Gasteiger partial charge in [0, 0.05) is 31.4 Å². The highest BCUT2D eigenvalue weighted by molar-refractivity contribution is 5.86. The van der Waals surface area contributed by atoms with Crippen molar-refractivity contribution in [1.82, 2.24) is 19.9 Å². The van der Waals surface area contributed by atoms with E-state index in [0.29, 0.717) is 22.8 Å². The van der Waals surface area contributed by atoms with E-state index in [0.717, 1.165) is 12.6 Å². The zero-order chi connectivity index (χ0) is 14.9. The molecule has 1 atom stereocenters. The minimum absolute atomic E-state index is 0.119. The number of likely N-dealkylation sites (tertiary alicyclic amines) is 1. The first kappa shape index (κ1) is 13.7. The van der Waals surface area contributed by atoms with Gasteiger partial charge in [0.15, 0.2) is 5.82 Å². The Morgan fingerprint density at radius 1 is 1.27 bits per heavy atom. The van der Waals surface area contributed by atoms with Gasteiger partial charge in [0.25, 0.3) is 5.56 Å². The van der Waals surface area contributed by atoms with Gasteiger partial charge >= 0.3 is 0 Å². The summed E-state index contributed by atoms with van der Waals surface area (Å²) in [6, 6.07) is 3.07. The smallest absolute Gasteiger partial charge is 0.258 e. The Morgan fingerprint density at radius 3 is 2.91 bits per heavy atom. The Hall–Kier alpha value is -1.95. The molecule has 2 N–H and O–H groups in total. The van der Waals surface area contributed by atoms with Gasteiger partial charge in [-0.25, -0.2) is 9.97 Å². The molecule has 6 nitrogen and oxygen atoms in total. The lowest BCUT2D eigenvalue weighted by atomic mass is 9.98. The Balaban J connectivity index is 1.48. The van der Waals surface area contributed by atoms with Crippen molar-refractivity contribution in [2.24, 2.45) is 0 Å². The lowest BCUT2D eigenvalue weighted by Gasteiger charge is -2.45. The molecule has 2 fully saturated rings. The van der Waals surface area contributed by atoms with E-state index in [1.807, 2.05) is 0 Å². The van der Waals surface area contributed by atoms with Crippen LogP contribution in [0.25, 0.3) is 10.9 Å². The number of hydrogen-bond acceptors (Lipinski definition) is 5.